The molecule has 1 aliphatic rings. The molecule has 1 aliphatic heterocycles. The summed E-state index contributed by atoms with van der Waals surface area (Å²) in [5.74, 6) is -3.34. The lowest BCUT2D eigenvalue weighted by Gasteiger charge is -2.33. The molecule has 0 aromatic heterocycles. The van der Waals surface area contributed by atoms with E-state index in [0.29, 0.717) is 42.9 Å². The number of carboxylic acid groups (broad SMARTS) is 1. The second-order valence-electron chi connectivity index (χ2n) is 9.18. The van der Waals surface area contributed by atoms with Gasteiger partial charge in [-0.1, -0.05) is 42.0 Å². The van der Waals surface area contributed by atoms with E-state index in [0.717, 1.165) is 4.31 Å². The molecule has 0 bridgehead atoms. The van der Waals surface area contributed by atoms with Gasteiger partial charge in [0.05, 0.1) is 28.7 Å². The third-order valence-electron chi connectivity index (χ3n) is 6.20. The molecule has 1 saturated heterocycles. The van der Waals surface area contributed by atoms with Crippen molar-refractivity contribution in [1.82, 2.24) is 4.90 Å². The van der Waals surface area contributed by atoms with E-state index in [2.05, 4.69) is 0 Å². The first-order valence-electron chi connectivity index (χ1n) is 12.2. The quantitative estimate of drug-likeness (QED) is 0.178. The SMILES string of the molecule is CC(=N)N1CCC(Oc2c(Cl)cc(N(C/C=C/c3cccc(C(=N)N)c3)S(=O)(=O)CC(=O)O)cc2C(N)=O)CC1.Cl.Cl. The summed E-state index contributed by atoms with van der Waals surface area (Å²) in [6.07, 6.45) is 3.91. The number of sulfonamides is 1. The summed E-state index contributed by atoms with van der Waals surface area (Å²) in [6, 6.07) is 9.19. The van der Waals surface area contributed by atoms with E-state index in [-0.39, 0.29) is 65.3 Å². The predicted molar refractivity (Wildman–Crippen MR) is 168 cm³/mol. The summed E-state index contributed by atoms with van der Waals surface area (Å²) < 4.78 is 33.0. The fourth-order valence-corrected chi connectivity index (χ4v) is 5.68. The van der Waals surface area contributed by atoms with Crippen LogP contribution < -0.4 is 20.5 Å². The number of carboxylic acids is 1. The Morgan fingerprint density at radius 2 is 1.81 bits per heavy atom. The zero-order valence-electron chi connectivity index (χ0n) is 22.6. The van der Waals surface area contributed by atoms with E-state index in [1.807, 2.05) is 4.90 Å². The average molecular weight is 664 g/mol. The minimum Gasteiger partial charge on any atom is -0.488 e. The van der Waals surface area contributed by atoms with E-state index in [1.54, 1.807) is 37.3 Å². The number of anilines is 1. The second kappa shape index (κ2) is 15.6. The van der Waals surface area contributed by atoms with Crippen molar-refractivity contribution in [3.05, 3.63) is 64.2 Å². The molecule has 0 radical (unpaired) electrons. The van der Waals surface area contributed by atoms with E-state index in [4.69, 9.17) is 38.6 Å². The maximum atomic E-state index is 13.1. The van der Waals surface area contributed by atoms with Crippen molar-refractivity contribution >= 4 is 81.7 Å². The lowest BCUT2D eigenvalue weighted by atomic mass is 10.1. The number of carbonyl (C=O) groups excluding carboxylic acids is 1. The first-order valence-corrected chi connectivity index (χ1v) is 14.2. The van der Waals surface area contributed by atoms with E-state index < -0.39 is 27.7 Å². The van der Waals surface area contributed by atoms with Crippen molar-refractivity contribution in [3.63, 3.8) is 0 Å². The molecule has 0 atom stereocenters. The summed E-state index contributed by atoms with van der Waals surface area (Å²) >= 11 is 6.49. The van der Waals surface area contributed by atoms with Gasteiger partial charge in [0, 0.05) is 31.5 Å². The van der Waals surface area contributed by atoms with Gasteiger partial charge in [-0.25, -0.2) is 8.42 Å². The fraction of sp³-hybridized carbons (Fsp3) is 0.308. The number of nitrogens with one attached hydrogen (secondary N) is 2. The number of aliphatic carboxylic acids is 1. The van der Waals surface area contributed by atoms with Crippen molar-refractivity contribution in [2.75, 3.05) is 29.7 Å². The summed E-state index contributed by atoms with van der Waals surface area (Å²) in [7, 11) is -4.41. The Kier molecular flexibility index (Phi) is 13.6. The van der Waals surface area contributed by atoms with Crippen LogP contribution in [0, 0.1) is 10.8 Å². The van der Waals surface area contributed by atoms with Crippen molar-refractivity contribution in [2.45, 2.75) is 25.9 Å². The van der Waals surface area contributed by atoms with Crippen molar-refractivity contribution in [2.24, 2.45) is 11.5 Å². The molecule has 42 heavy (non-hydrogen) atoms. The van der Waals surface area contributed by atoms with Crippen LogP contribution in [0.15, 0.2) is 42.5 Å². The molecular formula is C26H33Cl3N6O6S. The van der Waals surface area contributed by atoms with Gasteiger partial charge in [-0.05, 0) is 30.7 Å². The number of ether oxygens (including phenoxy) is 1. The molecule has 12 nitrogen and oxygen atoms in total. The number of halogens is 3. The maximum absolute atomic E-state index is 13.1. The van der Waals surface area contributed by atoms with Crippen LogP contribution in [0.2, 0.25) is 5.02 Å². The molecule has 7 N–H and O–H groups in total. The van der Waals surface area contributed by atoms with Gasteiger partial charge in [-0.15, -0.1) is 24.8 Å². The van der Waals surface area contributed by atoms with Gasteiger partial charge in [-0.2, -0.15) is 0 Å². The van der Waals surface area contributed by atoms with Gasteiger partial charge in [0.2, 0.25) is 10.0 Å². The Morgan fingerprint density at radius 1 is 1.17 bits per heavy atom. The number of carbonyl (C=O) groups is 2. The minimum absolute atomic E-state index is 0. The molecular weight excluding hydrogens is 631 g/mol. The van der Waals surface area contributed by atoms with Gasteiger partial charge in [0.15, 0.2) is 11.5 Å². The van der Waals surface area contributed by atoms with Crippen molar-refractivity contribution in [1.29, 1.82) is 10.8 Å². The van der Waals surface area contributed by atoms with Crippen LogP contribution in [0.4, 0.5) is 5.69 Å². The lowest BCUT2D eigenvalue weighted by molar-refractivity contribution is -0.134. The number of rotatable bonds is 11. The summed E-state index contributed by atoms with van der Waals surface area (Å²) in [5, 5.41) is 24.5. The standard InChI is InChI=1S/C26H31ClN6O6S.2ClH/c1-16(28)32-10-7-20(8-11-32)39-24-21(26(31)36)13-19(14-22(24)27)33(40(37,38)15-23(34)35)9-3-5-17-4-2-6-18(12-17)25(29)30;;/h2-6,12-14,20,28H,7-11,15H2,1H3,(H3,29,30)(H2,31,36)(H,34,35);2*1H/b5-3+,28-16?;;. The Balaban J connectivity index is 0.00000441. The molecule has 16 heteroatoms. The average Bonchev–Trinajstić information content (AvgIpc) is 2.87. The third-order valence-corrected chi connectivity index (χ3v) is 8.13. The number of nitrogens with zero attached hydrogens (tertiary/aromatic N) is 2. The molecule has 0 aliphatic carbocycles. The topological polar surface area (TPSA) is 204 Å². The highest BCUT2D eigenvalue weighted by Crippen LogP contribution is 2.36. The van der Waals surface area contributed by atoms with Gasteiger partial charge in [0.1, 0.15) is 11.9 Å². The summed E-state index contributed by atoms with van der Waals surface area (Å²) in [6.45, 7) is 2.58. The van der Waals surface area contributed by atoms with Crippen molar-refractivity contribution < 1.29 is 27.9 Å². The predicted octanol–water partition coefficient (Wildman–Crippen LogP) is 3.34. The molecule has 2 aromatic rings. The number of hydrogen-bond acceptors (Lipinski definition) is 7. The van der Waals surface area contributed by atoms with Crippen LogP contribution >= 0.6 is 36.4 Å². The van der Waals surface area contributed by atoms with Crippen LogP contribution in [0.3, 0.4) is 0 Å². The number of likely N-dealkylation sites (tertiary alicyclic amines) is 1. The highest BCUT2D eigenvalue weighted by molar-refractivity contribution is 7.93. The van der Waals surface area contributed by atoms with Crippen LogP contribution in [0.1, 0.15) is 41.3 Å². The normalized spacial score (nSPS) is 13.5. The molecule has 1 amide bonds. The van der Waals surface area contributed by atoms with E-state index in [9.17, 15) is 23.1 Å². The fourth-order valence-electron chi connectivity index (χ4n) is 4.21. The van der Waals surface area contributed by atoms with Crippen LogP contribution in [0.5, 0.6) is 5.75 Å². The Hall–Kier alpha value is -3.52. The van der Waals surface area contributed by atoms with Gasteiger partial charge in [-0.3, -0.25) is 24.7 Å². The number of piperidine rings is 1. The lowest BCUT2D eigenvalue weighted by Crippen LogP contribution is -2.40. The number of amidine groups is 2. The third kappa shape index (κ3) is 9.51. The number of amides is 1. The largest absolute Gasteiger partial charge is 0.488 e. The zero-order chi connectivity index (χ0) is 29.6. The van der Waals surface area contributed by atoms with Crippen LogP contribution in [-0.4, -0.2) is 73.5 Å². The monoisotopic (exact) mass is 662 g/mol. The highest BCUT2D eigenvalue weighted by atomic mass is 35.5. The molecule has 0 saturated carbocycles. The molecule has 0 spiro atoms. The number of hydrogen-bond donors (Lipinski definition) is 5. The van der Waals surface area contributed by atoms with Crippen LogP contribution in [-0.2, 0) is 14.8 Å². The van der Waals surface area contributed by atoms with Gasteiger partial charge in [0.25, 0.3) is 5.91 Å². The molecule has 0 unspecified atom stereocenters. The Morgan fingerprint density at radius 3 is 2.36 bits per heavy atom. The van der Waals surface area contributed by atoms with E-state index >= 15 is 0 Å². The van der Waals surface area contributed by atoms with Crippen LogP contribution in [0.25, 0.3) is 6.08 Å². The first kappa shape index (κ1) is 36.5. The maximum Gasteiger partial charge on any atom is 0.320 e. The zero-order valence-corrected chi connectivity index (χ0v) is 25.8. The van der Waals surface area contributed by atoms with Gasteiger partial charge >= 0.3 is 5.97 Å². The van der Waals surface area contributed by atoms with Crippen molar-refractivity contribution in [3.8, 4) is 5.75 Å². The Bertz CT molecular complexity index is 1460. The smallest absolute Gasteiger partial charge is 0.320 e. The number of nitrogen functional groups attached to an aromatic ring is 1. The summed E-state index contributed by atoms with van der Waals surface area (Å²) in [5.41, 5.74) is 12.0. The van der Waals surface area contributed by atoms with Gasteiger partial charge < -0.3 is 26.2 Å². The minimum atomic E-state index is -4.41. The molecule has 1 heterocycles. The molecule has 3 rings (SSSR count). The summed E-state index contributed by atoms with van der Waals surface area (Å²) in [4.78, 5) is 25.6. The number of benzene rings is 2. The Labute approximate surface area is 261 Å². The van der Waals surface area contributed by atoms with E-state index in [1.165, 1.54) is 18.2 Å². The number of nitrogens with two attached hydrogens (primary N) is 2. The molecule has 230 valence electrons. The highest BCUT2D eigenvalue weighted by Gasteiger charge is 2.29. The molecule has 1 fully saturated rings. The second-order valence-corrected chi connectivity index (χ2v) is 11.5. The molecule has 2 aromatic carbocycles. The first-order chi connectivity index (χ1) is 18.8. The number of primary amides is 1.